The Hall–Kier alpha value is -1.59. The summed E-state index contributed by atoms with van der Waals surface area (Å²) < 4.78 is 0.606. The monoisotopic (exact) mass is 423 g/mol. The molecule has 0 radical (unpaired) electrons. The number of amides is 1. The zero-order valence-corrected chi connectivity index (χ0v) is 15.3. The number of phenolic OH excluding ortho intramolecular Hbond substituents is 1. The van der Waals surface area contributed by atoms with Crippen LogP contribution in [-0.4, -0.2) is 16.8 Å². The topological polar surface area (TPSA) is 49.3 Å². The van der Waals surface area contributed by atoms with Gasteiger partial charge in [-0.2, -0.15) is 0 Å². The molecule has 1 aliphatic heterocycles. The van der Waals surface area contributed by atoms with E-state index < -0.39 is 0 Å². The SMILES string of the molecule is CBr.Cc1ccc2c(c1)/C(=C/c1ccc(O)c(Br)c1)C(=O)N2. The summed E-state index contributed by atoms with van der Waals surface area (Å²) >= 11 is 6.21. The lowest BCUT2D eigenvalue weighted by Crippen LogP contribution is -2.03. The molecule has 1 heterocycles. The number of rotatable bonds is 1. The van der Waals surface area contributed by atoms with Crippen molar-refractivity contribution in [1.82, 2.24) is 0 Å². The molecular weight excluding hydrogens is 410 g/mol. The van der Waals surface area contributed by atoms with Crippen LogP contribution in [0.5, 0.6) is 5.75 Å². The van der Waals surface area contributed by atoms with E-state index in [0.717, 1.165) is 22.4 Å². The van der Waals surface area contributed by atoms with Crippen LogP contribution in [0.15, 0.2) is 40.9 Å². The molecule has 0 aromatic heterocycles. The van der Waals surface area contributed by atoms with E-state index in [1.54, 1.807) is 18.2 Å². The van der Waals surface area contributed by atoms with Crippen LogP contribution < -0.4 is 5.32 Å². The van der Waals surface area contributed by atoms with Crippen LogP contribution in [0.1, 0.15) is 16.7 Å². The molecule has 0 aliphatic carbocycles. The third-order valence-corrected chi connectivity index (χ3v) is 3.88. The zero-order valence-electron chi connectivity index (χ0n) is 12.2. The van der Waals surface area contributed by atoms with Crippen LogP contribution in [-0.2, 0) is 4.79 Å². The first-order valence-corrected chi connectivity index (χ1v) is 8.93. The highest BCUT2D eigenvalue weighted by Crippen LogP contribution is 2.34. The molecule has 5 heteroatoms. The molecule has 22 heavy (non-hydrogen) atoms. The molecule has 2 aromatic rings. The molecule has 1 amide bonds. The molecule has 1 aliphatic rings. The molecule has 2 aromatic carbocycles. The minimum absolute atomic E-state index is 0.102. The van der Waals surface area contributed by atoms with Crippen LogP contribution in [0.2, 0.25) is 0 Å². The van der Waals surface area contributed by atoms with Gasteiger partial charge in [0.05, 0.1) is 4.47 Å². The van der Waals surface area contributed by atoms with Gasteiger partial charge in [0.1, 0.15) is 5.75 Å². The van der Waals surface area contributed by atoms with E-state index in [2.05, 4.69) is 37.2 Å². The molecule has 0 atom stereocenters. The molecule has 0 spiro atoms. The van der Waals surface area contributed by atoms with Gasteiger partial charge in [0.2, 0.25) is 0 Å². The maximum absolute atomic E-state index is 12.1. The quantitative estimate of drug-likeness (QED) is 0.501. The smallest absolute Gasteiger partial charge is 0.256 e. The normalized spacial score (nSPS) is 14.2. The molecule has 3 nitrogen and oxygen atoms in total. The number of nitrogens with one attached hydrogen (secondary N) is 1. The van der Waals surface area contributed by atoms with Crippen molar-refractivity contribution in [3.05, 3.63) is 57.6 Å². The molecule has 114 valence electrons. The van der Waals surface area contributed by atoms with Gasteiger partial charge in [-0.25, -0.2) is 0 Å². The highest BCUT2D eigenvalue weighted by Gasteiger charge is 2.23. The largest absolute Gasteiger partial charge is 0.507 e. The van der Waals surface area contributed by atoms with Gasteiger partial charge in [0.25, 0.3) is 5.91 Å². The molecule has 0 saturated heterocycles. The number of aryl methyl sites for hydroxylation is 1. The fourth-order valence-electron chi connectivity index (χ4n) is 2.22. The van der Waals surface area contributed by atoms with E-state index in [0.29, 0.717) is 10.0 Å². The standard InChI is InChI=1S/C16H12BrNO2.CH3Br/c1-9-2-4-14-11(6-9)12(16(20)18-14)7-10-3-5-15(19)13(17)8-10;1-2/h2-8,19H,1H3,(H,18,20);1H3/b12-7-;. The fourth-order valence-corrected chi connectivity index (χ4v) is 2.62. The first-order chi connectivity index (χ1) is 10.5. The Morgan fingerprint density at radius 2 is 1.86 bits per heavy atom. The fraction of sp³-hybridized carbons (Fsp3) is 0.118. The Morgan fingerprint density at radius 3 is 2.55 bits per heavy atom. The first kappa shape index (κ1) is 16.8. The van der Waals surface area contributed by atoms with Crippen LogP contribution in [0.3, 0.4) is 0 Å². The summed E-state index contributed by atoms with van der Waals surface area (Å²) in [6, 6.07) is 11.0. The lowest BCUT2D eigenvalue weighted by Gasteiger charge is -2.02. The van der Waals surface area contributed by atoms with Crippen molar-refractivity contribution < 1.29 is 9.90 Å². The Balaban J connectivity index is 0.000000847. The minimum Gasteiger partial charge on any atom is -0.507 e. The molecule has 0 unspecified atom stereocenters. The second-order valence-electron chi connectivity index (χ2n) is 4.77. The van der Waals surface area contributed by atoms with Crippen molar-refractivity contribution >= 4 is 55.1 Å². The average Bonchev–Trinajstić information content (AvgIpc) is 2.81. The summed E-state index contributed by atoms with van der Waals surface area (Å²) in [4.78, 5) is 12.1. The lowest BCUT2D eigenvalue weighted by molar-refractivity contribution is -0.110. The highest BCUT2D eigenvalue weighted by atomic mass is 79.9. The summed E-state index contributed by atoms with van der Waals surface area (Å²) in [5.74, 6) is 1.89. The number of halogens is 2. The van der Waals surface area contributed by atoms with Crippen LogP contribution in [0, 0.1) is 6.92 Å². The van der Waals surface area contributed by atoms with Crippen molar-refractivity contribution in [2.24, 2.45) is 0 Å². The zero-order chi connectivity index (χ0) is 16.3. The van der Waals surface area contributed by atoms with E-state index in [-0.39, 0.29) is 11.7 Å². The van der Waals surface area contributed by atoms with Gasteiger partial charge in [-0.1, -0.05) is 33.6 Å². The third-order valence-electron chi connectivity index (χ3n) is 3.24. The molecule has 0 fully saturated rings. The Morgan fingerprint density at radius 1 is 1.14 bits per heavy atom. The molecule has 2 N–H and O–H groups in total. The van der Waals surface area contributed by atoms with Crippen LogP contribution >= 0.6 is 31.9 Å². The number of hydrogen-bond donors (Lipinski definition) is 2. The summed E-state index contributed by atoms with van der Waals surface area (Å²) in [5.41, 5.74) is 4.36. The van der Waals surface area contributed by atoms with Crippen molar-refractivity contribution in [2.45, 2.75) is 6.92 Å². The Labute approximate surface area is 146 Å². The van der Waals surface area contributed by atoms with Gasteiger partial charge in [-0.15, -0.1) is 0 Å². The second kappa shape index (κ2) is 7.11. The summed E-state index contributed by atoms with van der Waals surface area (Å²) in [5, 5.41) is 12.4. The van der Waals surface area contributed by atoms with Crippen molar-refractivity contribution in [3.63, 3.8) is 0 Å². The molecule has 3 rings (SSSR count). The van der Waals surface area contributed by atoms with Crippen LogP contribution in [0.25, 0.3) is 11.6 Å². The van der Waals surface area contributed by atoms with E-state index in [1.807, 2.05) is 37.0 Å². The number of benzene rings is 2. The van der Waals surface area contributed by atoms with Gasteiger partial charge in [-0.3, -0.25) is 4.79 Å². The maximum Gasteiger partial charge on any atom is 0.256 e. The van der Waals surface area contributed by atoms with E-state index in [9.17, 15) is 9.90 Å². The van der Waals surface area contributed by atoms with Gasteiger partial charge >= 0.3 is 0 Å². The lowest BCUT2D eigenvalue weighted by atomic mass is 10.0. The van der Waals surface area contributed by atoms with Crippen molar-refractivity contribution in [3.8, 4) is 5.75 Å². The van der Waals surface area contributed by atoms with Crippen molar-refractivity contribution in [1.29, 1.82) is 0 Å². The number of aromatic hydroxyl groups is 1. The summed E-state index contributed by atoms with van der Waals surface area (Å²) in [7, 11) is 0. The molecule has 0 bridgehead atoms. The number of carbonyl (C=O) groups excluding carboxylic acids is 1. The number of hydrogen-bond acceptors (Lipinski definition) is 2. The first-order valence-electron chi connectivity index (χ1n) is 6.55. The molecule has 0 saturated carbocycles. The van der Waals surface area contributed by atoms with Gasteiger partial charge in [0.15, 0.2) is 0 Å². The van der Waals surface area contributed by atoms with Crippen molar-refractivity contribution in [2.75, 3.05) is 11.1 Å². The second-order valence-corrected chi connectivity index (χ2v) is 5.63. The Kier molecular flexibility index (Phi) is 5.42. The highest BCUT2D eigenvalue weighted by molar-refractivity contribution is 9.10. The van der Waals surface area contributed by atoms with Gasteiger partial charge < -0.3 is 10.4 Å². The average molecular weight is 425 g/mol. The van der Waals surface area contributed by atoms with Gasteiger partial charge in [-0.05, 0) is 64.6 Å². The number of alkyl halides is 1. The third kappa shape index (κ3) is 3.42. The van der Waals surface area contributed by atoms with E-state index in [4.69, 9.17) is 0 Å². The Bertz CT molecular complexity index is 754. The predicted molar refractivity (Wildman–Crippen MR) is 98.3 cm³/mol. The number of carbonyl (C=O) groups is 1. The van der Waals surface area contributed by atoms with Gasteiger partial charge in [0, 0.05) is 16.8 Å². The summed E-state index contributed by atoms with van der Waals surface area (Å²) in [6.45, 7) is 2.00. The predicted octanol–water partition coefficient (Wildman–Crippen LogP) is 4.97. The van der Waals surface area contributed by atoms with E-state index in [1.165, 1.54) is 0 Å². The molecular formula is C17H15Br2NO2. The maximum atomic E-state index is 12.1. The van der Waals surface area contributed by atoms with Crippen LogP contribution in [0.4, 0.5) is 5.69 Å². The summed E-state index contributed by atoms with van der Waals surface area (Å²) in [6.07, 6.45) is 1.82. The van der Waals surface area contributed by atoms with E-state index >= 15 is 0 Å². The number of fused-ring (bicyclic) bond motifs is 1. The number of anilines is 1. The number of phenols is 1. The minimum atomic E-state index is -0.102.